The van der Waals surface area contributed by atoms with Crippen molar-refractivity contribution in [1.29, 1.82) is 0 Å². The van der Waals surface area contributed by atoms with E-state index in [4.69, 9.17) is 0 Å². The molecule has 7 heteroatoms. The summed E-state index contributed by atoms with van der Waals surface area (Å²) in [7, 11) is 0. The van der Waals surface area contributed by atoms with Gasteiger partial charge in [-0.2, -0.15) is 5.10 Å². The molecule has 0 N–H and O–H groups in total. The Balaban J connectivity index is 1.79. The quantitative estimate of drug-likeness (QED) is 0.791. The number of fused-ring (bicyclic) bond motifs is 1. The molecule has 0 atom stereocenters. The first kappa shape index (κ1) is 16.4. The van der Waals surface area contributed by atoms with E-state index in [1.807, 2.05) is 12.3 Å². The van der Waals surface area contributed by atoms with E-state index in [0.717, 1.165) is 11.3 Å². The number of hydrogen-bond donors (Lipinski definition) is 0. The average molecular weight is 329 g/mol. The van der Waals surface area contributed by atoms with Crippen LogP contribution in [-0.4, -0.2) is 62.4 Å². The zero-order valence-corrected chi connectivity index (χ0v) is 14.6. The first-order chi connectivity index (χ1) is 11.3. The topological polar surface area (TPSA) is 70.8 Å². The highest BCUT2D eigenvalue weighted by molar-refractivity contribution is 5.92. The van der Waals surface area contributed by atoms with Crippen LogP contribution in [0.4, 0.5) is 0 Å². The monoisotopic (exact) mass is 329 g/mol. The smallest absolute Gasteiger partial charge is 0.274 e. The molecule has 1 saturated heterocycles. The number of piperazine rings is 1. The van der Waals surface area contributed by atoms with E-state index < -0.39 is 0 Å². The minimum atomic E-state index is -0.105. The molecular formula is C17H23N5O2. The Morgan fingerprint density at radius 1 is 1.04 bits per heavy atom. The van der Waals surface area contributed by atoms with Crippen molar-refractivity contribution < 1.29 is 9.59 Å². The van der Waals surface area contributed by atoms with Crippen molar-refractivity contribution in [2.24, 2.45) is 0 Å². The predicted octanol–water partition coefficient (Wildman–Crippen LogP) is 1.33. The van der Waals surface area contributed by atoms with Gasteiger partial charge in [0.2, 0.25) is 5.91 Å². The van der Waals surface area contributed by atoms with Crippen LogP contribution in [0.2, 0.25) is 0 Å². The van der Waals surface area contributed by atoms with E-state index in [-0.39, 0.29) is 17.2 Å². The summed E-state index contributed by atoms with van der Waals surface area (Å²) in [4.78, 5) is 32.1. The summed E-state index contributed by atoms with van der Waals surface area (Å²) in [5, 5.41) is 4.42. The van der Waals surface area contributed by atoms with Gasteiger partial charge in [-0.1, -0.05) is 20.8 Å². The standard InChI is InChI=1S/C17H23N5O2/c1-12(23)20-7-9-21(10-8-20)16(24)13-5-6-15-18-14(17(2,3)4)11-22(15)19-13/h5-6,11H,7-10H2,1-4H3. The Bertz CT molecular complexity index is 782. The van der Waals surface area contributed by atoms with Gasteiger partial charge in [-0.05, 0) is 12.1 Å². The molecule has 0 radical (unpaired) electrons. The minimum absolute atomic E-state index is 0.0507. The second kappa shape index (κ2) is 5.89. The Hall–Kier alpha value is -2.44. The summed E-state index contributed by atoms with van der Waals surface area (Å²) >= 11 is 0. The number of carbonyl (C=O) groups is 2. The molecular weight excluding hydrogens is 306 g/mol. The number of nitrogens with zero attached hydrogens (tertiary/aromatic N) is 5. The SMILES string of the molecule is CC(=O)N1CCN(C(=O)c2ccc3nc(C(C)(C)C)cn3n2)CC1. The largest absolute Gasteiger partial charge is 0.339 e. The van der Waals surface area contributed by atoms with Crippen molar-refractivity contribution in [2.45, 2.75) is 33.1 Å². The lowest BCUT2D eigenvalue weighted by Crippen LogP contribution is -2.50. The van der Waals surface area contributed by atoms with Crippen LogP contribution in [-0.2, 0) is 10.2 Å². The molecule has 0 unspecified atom stereocenters. The zero-order valence-electron chi connectivity index (χ0n) is 14.6. The van der Waals surface area contributed by atoms with Gasteiger partial charge in [0, 0.05) is 38.5 Å². The third-order valence-corrected chi connectivity index (χ3v) is 4.32. The lowest BCUT2D eigenvalue weighted by atomic mass is 9.93. The highest BCUT2D eigenvalue weighted by atomic mass is 16.2. The van der Waals surface area contributed by atoms with Crippen LogP contribution in [0.3, 0.4) is 0 Å². The molecule has 128 valence electrons. The molecule has 7 nitrogen and oxygen atoms in total. The highest BCUT2D eigenvalue weighted by Crippen LogP contribution is 2.21. The van der Waals surface area contributed by atoms with E-state index in [1.54, 1.807) is 27.3 Å². The van der Waals surface area contributed by atoms with E-state index in [2.05, 4.69) is 30.9 Å². The van der Waals surface area contributed by atoms with Gasteiger partial charge in [-0.3, -0.25) is 9.59 Å². The van der Waals surface area contributed by atoms with E-state index in [9.17, 15) is 9.59 Å². The highest BCUT2D eigenvalue weighted by Gasteiger charge is 2.25. The van der Waals surface area contributed by atoms with E-state index >= 15 is 0 Å². The lowest BCUT2D eigenvalue weighted by molar-refractivity contribution is -0.130. The Morgan fingerprint density at radius 3 is 2.25 bits per heavy atom. The molecule has 1 aliphatic heterocycles. The number of rotatable bonds is 1. The number of hydrogen-bond acceptors (Lipinski definition) is 4. The molecule has 0 spiro atoms. The van der Waals surface area contributed by atoms with Crippen molar-refractivity contribution >= 4 is 17.5 Å². The van der Waals surface area contributed by atoms with Gasteiger partial charge in [0.1, 0.15) is 5.69 Å². The Kier molecular flexibility index (Phi) is 4.03. The Labute approximate surface area is 141 Å². The molecule has 24 heavy (non-hydrogen) atoms. The second-order valence-electron chi connectivity index (χ2n) is 7.20. The zero-order chi connectivity index (χ0) is 17.5. The van der Waals surface area contributed by atoms with Crippen molar-refractivity contribution in [3.8, 4) is 0 Å². The summed E-state index contributed by atoms with van der Waals surface area (Å²) in [5.74, 6) is -0.0547. The first-order valence-electron chi connectivity index (χ1n) is 8.17. The number of carbonyl (C=O) groups excluding carboxylic acids is 2. The fourth-order valence-corrected chi connectivity index (χ4v) is 2.74. The second-order valence-corrected chi connectivity index (χ2v) is 7.20. The molecule has 3 rings (SSSR count). The van der Waals surface area contributed by atoms with Crippen LogP contribution >= 0.6 is 0 Å². The van der Waals surface area contributed by atoms with Gasteiger partial charge in [-0.25, -0.2) is 9.50 Å². The lowest BCUT2D eigenvalue weighted by Gasteiger charge is -2.33. The molecule has 0 bridgehead atoms. The van der Waals surface area contributed by atoms with Gasteiger partial charge in [0.25, 0.3) is 5.91 Å². The van der Waals surface area contributed by atoms with Gasteiger partial charge >= 0.3 is 0 Å². The maximum absolute atomic E-state index is 12.6. The molecule has 0 saturated carbocycles. The van der Waals surface area contributed by atoms with Crippen LogP contribution in [0.25, 0.3) is 5.65 Å². The number of amides is 2. The third kappa shape index (κ3) is 3.11. The molecule has 2 aromatic rings. The maximum atomic E-state index is 12.6. The summed E-state index contributed by atoms with van der Waals surface area (Å²) in [6.07, 6.45) is 1.87. The van der Waals surface area contributed by atoms with E-state index in [1.165, 1.54) is 0 Å². The normalized spacial score (nSPS) is 15.8. The third-order valence-electron chi connectivity index (χ3n) is 4.32. The predicted molar refractivity (Wildman–Crippen MR) is 89.8 cm³/mol. The van der Waals surface area contributed by atoms with Gasteiger partial charge in [-0.15, -0.1) is 0 Å². The van der Waals surface area contributed by atoms with Crippen molar-refractivity contribution in [1.82, 2.24) is 24.4 Å². The number of imidazole rings is 1. The molecule has 1 fully saturated rings. The molecule has 1 aliphatic rings. The van der Waals surface area contributed by atoms with Crippen LogP contribution in [0.5, 0.6) is 0 Å². The molecule has 2 aromatic heterocycles. The molecule has 0 aliphatic carbocycles. The fraction of sp³-hybridized carbons (Fsp3) is 0.529. The fourth-order valence-electron chi connectivity index (χ4n) is 2.74. The summed E-state index contributed by atoms with van der Waals surface area (Å²) < 4.78 is 1.67. The Morgan fingerprint density at radius 2 is 1.67 bits per heavy atom. The number of aromatic nitrogens is 3. The van der Waals surface area contributed by atoms with Crippen LogP contribution in [0, 0.1) is 0 Å². The summed E-state index contributed by atoms with van der Waals surface area (Å²) in [6, 6.07) is 3.54. The van der Waals surface area contributed by atoms with Gasteiger partial charge in [0.15, 0.2) is 5.65 Å². The summed E-state index contributed by atoms with van der Waals surface area (Å²) in [5.41, 5.74) is 2.00. The molecule has 0 aromatic carbocycles. The summed E-state index contributed by atoms with van der Waals surface area (Å²) in [6.45, 7) is 10.1. The van der Waals surface area contributed by atoms with Crippen molar-refractivity contribution in [2.75, 3.05) is 26.2 Å². The minimum Gasteiger partial charge on any atom is -0.339 e. The molecule has 3 heterocycles. The van der Waals surface area contributed by atoms with Crippen molar-refractivity contribution in [3.63, 3.8) is 0 Å². The van der Waals surface area contributed by atoms with Crippen LogP contribution in [0.15, 0.2) is 18.3 Å². The van der Waals surface area contributed by atoms with Crippen molar-refractivity contribution in [3.05, 3.63) is 29.7 Å². The molecule has 2 amide bonds. The van der Waals surface area contributed by atoms with Gasteiger partial charge < -0.3 is 9.80 Å². The first-order valence-corrected chi connectivity index (χ1v) is 8.17. The average Bonchev–Trinajstić information content (AvgIpc) is 2.97. The van der Waals surface area contributed by atoms with Crippen LogP contribution in [0.1, 0.15) is 43.9 Å². The van der Waals surface area contributed by atoms with E-state index in [0.29, 0.717) is 31.9 Å². The maximum Gasteiger partial charge on any atom is 0.274 e. The van der Waals surface area contributed by atoms with Crippen LogP contribution < -0.4 is 0 Å². The van der Waals surface area contributed by atoms with Gasteiger partial charge in [0.05, 0.1) is 11.9 Å².